The Labute approximate surface area is 137 Å². The molecule has 0 bridgehead atoms. The van der Waals surface area contributed by atoms with Gasteiger partial charge in [-0.15, -0.1) is 0 Å². The lowest BCUT2D eigenvalue weighted by Gasteiger charge is -2.23. The average molecular weight is 312 g/mol. The Morgan fingerprint density at radius 3 is 2.26 bits per heavy atom. The first-order valence-electron chi connectivity index (χ1n) is 7.79. The fourth-order valence-electron chi connectivity index (χ4n) is 2.57. The van der Waals surface area contributed by atoms with Crippen molar-refractivity contribution in [2.24, 2.45) is 0 Å². The number of carboxylic acids is 1. The third-order valence-electron chi connectivity index (χ3n) is 3.71. The molecule has 0 radical (unpaired) electrons. The standard InChI is InChI=1S/C19H24N2O2/c1-21(2)14-18(12-15-6-4-3-5-7-15)20-13-16-8-10-17(11-9-16)19(22)23/h3-11,18,20H,12-14H2,1-2H3,(H,22,23). The maximum absolute atomic E-state index is 10.9. The molecule has 2 N–H and O–H groups in total. The number of rotatable bonds is 8. The van der Waals surface area contributed by atoms with Gasteiger partial charge in [-0.05, 0) is 43.8 Å². The van der Waals surface area contributed by atoms with Gasteiger partial charge >= 0.3 is 5.97 Å². The highest BCUT2D eigenvalue weighted by atomic mass is 16.4. The largest absolute Gasteiger partial charge is 0.478 e. The molecule has 0 aliphatic rings. The van der Waals surface area contributed by atoms with E-state index in [4.69, 9.17) is 5.11 Å². The molecule has 0 spiro atoms. The van der Waals surface area contributed by atoms with Crippen LogP contribution in [0.4, 0.5) is 0 Å². The van der Waals surface area contributed by atoms with E-state index in [9.17, 15) is 4.79 Å². The van der Waals surface area contributed by atoms with E-state index >= 15 is 0 Å². The van der Waals surface area contributed by atoms with Crippen molar-refractivity contribution < 1.29 is 9.90 Å². The van der Waals surface area contributed by atoms with Crippen molar-refractivity contribution in [3.63, 3.8) is 0 Å². The number of benzene rings is 2. The number of aromatic carboxylic acids is 1. The number of carbonyl (C=O) groups is 1. The molecule has 2 rings (SSSR count). The van der Waals surface area contributed by atoms with Crippen molar-refractivity contribution in [1.82, 2.24) is 10.2 Å². The van der Waals surface area contributed by atoms with Crippen molar-refractivity contribution in [3.05, 3.63) is 71.3 Å². The highest BCUT2D eigenvalue weighted by molar-refractivity contribution is 5.87. The first-order valence-corrected chi connectivity index (χ1v) is 7.79. The van der Waals surface area contributed by atoms with Gasteiger partial charge in [0.15, 0.2) is 0 Å². The molecule has 0 saturated carbocycles. The molecular weight excluding hydrogens is 288 g/mol. The van der Waals surface area contributed by atoms with Gasteiger partial charge in [-0.1, -0.05) is 42.5 Å². The van der Waals surface area contributed by atoms with Gasteiger partial charge in [0.25, 0.3) is 0 Å². The van der Waals surface area contributed by atoms with Crippen molar-refractivity contribution in [1.29, 1.82) is 0 Å². The molecule has 0 amide bonds. The number of nitrogens with one attached hydrogen (secondary N) is 1. The van der Waals surface area contributed by atoms with Gasteiger partial charge < -0.3 is 15.3 Å². The third-order valence-corrected chi connectivity index (χ3v) is 3.71. The SMILES string of the molecule is CN(C)CC(Cc1ccccc1)NCc1ccc(C(=O)O)cc1. The van der Waals surface area contributed by atoms with E-state index in [1.165, 1.54) is 5.56 Å². The maximum atomic E-state index is 10.9. The van der Waals surface area contributed by atoms with Gasteiger partial charge in [-0.25, -0.2) is 4.79 Å². The number of hydrogen-bond donors (Lipinski definition) is 2. The summed E-state index contributed by atoms with van der Waals surface area (Å²) in [5.74, 6) is -0.890. The molecule has 122 valence electrons. The van der Waals surface area contributed by atoms with E-state index in [-0.39, 0.29) is 0 Å². The fourth-order valence-corrected chi connectivity index (χ4v) is 2.57. The van der Waals surface area contributed by atoms with Gasteiger partial charge in [0.05, 0.1) is 5.56 Å². The number of nitrogens with zero attached hydrogens (tertiary/aromatic N) is 1. The van der Waals surface area contributed by atoms with Gasteiger partial charge in [0.2, 0.25) is 0 Å². The Morgan fingerprint density at radius 2 is 1.70 bits per heavy atom. The van der Waals surface area contributed by atoms with Crippen LogP contribution in [0.15, 0.2) is 54.6 Å². The zero-order valence-electron chi connectivity index (χ0n) is 13.7. The molecule has 2 aromatic carbocycles. The maximum Gasteiger partial charge on any atom is 0.335 e. The van der Waals surface area contributed by atoms with E-state index in [0.29, 0.717) is 11.6 Å². The van der Waals surface area contributed by atoms with Crippen LogP contribution >= 0.6 is 0 Å². The van der Waals surface area contributed by atoms with Gasteiger partial charge in [-0.2, -0.15) is 0 Å². The molecule has 0 aliphatic carbocycles. The number of carboxylic acid groups (broad SMARTS) is 1. The zero-order chi connectivity index (χ0) is 16.7. The second-order valence-corrected chi connectivity index (χ2v) is 6.03. The van der Waals surface area contributed by atoms with Crippen molar-refractivity contribution in [3.8, 4) is 0 Å². The first-order chi connectivity index (χ1) is 11.0. The summed E-state index contributed by atoms with van der Waals surface area (Å²) in [4.78, 5) is 13.1. The second-order valence-electron chi connectivity index (χ2n) is 6.03. The van der Waals surface area contributed by atoms with Crippen LogP contribution in [0.1, 0.15) is 21.5 Å². The van der Waals surface area contributed by atoms with Crippen LogP contribution in [0, 0.1) is 0 Å². The molecule has 0 fully saturated rings. The quantitative estimate of drug-likeness (QED) is 0.787. The summed E-state index contributed by atoms with van der Waals surface area (Å²) in [7, 11) is 4.14. The Morgan fingerprint density at radius 1 is 1.04 bits per heavy atom. The van der Waals surface area contributed by atoms with E-state index in [2.05, 4.69) is 48.6 Å². The molecule has 0 aliphatic heterocycles. The van der Waals surface area contributed by atoms with E-state index in [0.717, 1.165) is 25.1 Å². The average Bonchev–Trinajstić information content (AvgIpc) is 2.53. The smallest absolute Gasteiger partial charge is 0.335 e. The lowest BCUT2D eigenvalue weighted by molar-refractivity contribution is 0.0697. The minimum Gasteiger partial charge on any atom is -0.478 e. The summed E-state index contributed by atoms with van der Waals surface area (Å²) in [6, 6.07) is 17.8. The van der Waals surface area contributed by atoms with Gasteiger partial charge in [0.1, 0.15) is 0 Å². The summed E-state index contributed by atoms with van der Waals surface area (Å²) in [6.07, 6.45) is 0.965. The highest BCUT2D eigenvalue weighted by Crippen LogP contribution is 2.07. The predicted octanol–water partition coefficient (Wildman–Crippen LogP) is 2.65. The van der Waals surface area contributed by atoms with Crippen LogP contribution in [-0.4, -0.2) is 42.7 Å². The second kappa shape index (κ2) is 8.46. The van der Waals surface area contributed by atoms with E-state index < -0.39 is 5.97 Å². The molecule has 0 saturated heterocycles. The molecule has 2 aromatic rings. The fraction of sp³-hybridized carbons (Fsp3) is 0.316. The summed E-state index contributed by atoms with van der Waals surface area (Å²) in [5.41, 5.74) is 2.72. The molecule has 0 heterocycles. The Balaban J connectivity index is 1.96. The van der Waals surface area contributed by atoms with Crippen molar-refractivity contribution in [2.45, 2.75) is 19.0 Å². The van der Waals surface area contributed by atoms with Crippen LogP contribution in [0.2, 0.25) is 0 Å². The first kappa shape index (κ1) is 17.2. The van der Waals surface area contributed by atoms with Crippen molar-refractivity contribution in [2.75, 3.05) is 20.6 Å². The van der Waals surface area contributed by atoms with E-state index in [1.807, 2.05) is 18.2 Å². The normalized spacial score (nSPS) is 12.3. The molecule has 1 unspecified atom stereocenters. The Bertz CT molecular complexity index is 609. The predicted molar refractivity (Wildman–Crippen MR) is 92.7 cm³/mol. The molecule has 0 aromatic heterocycles. The number of likely N-dealkylation sites (N-methyl/N-ethyl adjacent to an activating group) is 1. The van der Waals surface area contributed by atoms with Gasteiger partial charge in [0, 0.05) is 19.1 Å². The summed E-state index contributed by atoms with van der Waals surface area (Å²) < 4.78 is 0. The van der Waals surface area contributed by atoms with Gasteiger partial charge in [-0.3, -0.25) is 0 Å². The Hall–Kier alpha value is -2.17. The molecule has 23 heavy (non-hydrogen) atoms. The van der Waals surface area contributed by atoms with Crippen LogP contribution in [0.3, 0.4) is 0 Å². The van der Waals surface area contributed by atoms with Crippen molar-refractivity contribution >= 4 is 5.97 Å². The monoisotopic (exact) mass is 312 g/mol. The lowest BCUT2D eigenvalue weighted by Crippen LogP contribution is -2.39. The molecule has 4 heteroatoms. The summed E-state index contributed by atoms with van der Waals surface area (Å²) in [6.45, 7) is 1.67. The molecule has 1 atom stereocenters. The third kappa shape index (κ3) is 5.85. The zero-order valence-corrected chi connectivity index (χ0v) is 13.7. The summed E-state index contributed by atoms with van der Waals surface area (Å²) >= 11 is 0. The minimum absolute atomic E-state index is 0.322. The van der Waals surface area contributed by atoms with Crippen LogP contribution in [0.25, 0.3) is 0 Å². The summed E-state index contributed by atoms with van der Waals surface area (Å²) in [5, 5.41) is 12.5. The lowest BCUT2D eigenvalue weighted by atomic mass is 10.0. The Kier molecular flexibility index (Phi) is 6.32. The molecule has 4 nitrogen and oxygen atoms in total. The minimum atomic E-state index is -0.890. The van der Waals surface area contributed by atoms with Crippen LogP contribution in [-0.2, 0) is 13.0 Å². The molecular formula is C19H24N2O2. The topological polar surface area (TPSA) is 52.6 Å². The van der Waals surface area contributed by atoms with Crippen LogP contribution in [0.5, 0.6) is 0 Å². The van der Waals surface area contributed by atoms with E-state index in [1.54, 1.807) is 12.1 Å². The number of hydrogen-bond acceptors (Lipinski definition) is 3. The van der Waals surface area contributed by atoms with Crippen LogP contribution < -0.4 is 5.32 Å². The highest BCUT2D eigenvalue weighted by Gasteiger charge is 2.11.